The first kappa shape index (κ1) is 21.2. The summed E-state index contributed by atoms with van der Waals surface area (Å²) in [6, 6.07) is 9.68. The van der Waals surface area contributed by atoms with E-state index >= 15 is 0 Å². The van der Waals surface area contributed by atoms with Gasteiger partial charge in [0.1, 0.15) is 0 Å². The van der Waals surface area contributed by atoms with Crippen LogP contribution in [0.5, 0.6) is 11.5 Å². The van der Waals surface area contributed by atoms with E-state index in [4.69, 9.17) is 9.47 Å². The molecule has 5 rings (SSSR count). The second kappa shape index (κ2) is 7.74. The molecule has 0 bridgehead atoms. The standard InChI is InChI=1S/C23H24BrN3O5/c1-3-32-19-11-13(15(24)12-18(19)31-2)20-17-9-6-10-26(17)23(21(20)27(29)30)14-7-4-5-8-16(14)25-22(23)28/h4-5,7-8,11-12,17,20-21H,3,6,9-10H2,1-2H3,(H,25,28)/t17-,20+,21-,23+/m0/s1. The van der Waals surface area contributed by atoms with Gasteiger partial charge in [0, 0.05) is 33.2 Å². The Bertz CT molecular complexity index is 1110. The number of ether oxygens (including phenoxy) is 2. The lowest BCUT2D eigenvalue weighted by molar-refractivity contribution is -0.534. The number of nitrogens with one attached hydrogen (secondary N) is 1. The minimum atomic E-state index is -1.34. The van der Waals surface area contributed by atoms with Crippen LogP contribution >= 0.6 is 15.9 Å². The van der Waals surface area contributed by atoms with Gasteiger partial charge in [0.15, 0.2) is 17.0 Å². The molecule has 1 amide bonds. The van der Waals surface area contributed by atoms with Crippen molar-refractivity contribution in [3.05, 3.63) is 62.1 Å². The number of amides is 1. The Balaban J connectivity index is 1.74. The van der Waals surface area contributed by atoms with Crippen molar-refractivity contribution in [3.63, 3.8) is 0 Å². The maximum Gasteiger partial charge on any atom is 0.256 e. The number of hydrogen-bond donors (Lipinski definition) is 1. The van der Waals surface area contributed by atoms with Gasteiger partial charge in [-0.2, -0.15) is 0 Å². The lowest BCUT2D eigenvalue weighted by Crippen LogP contribution is -2.55. The van der Waals surface area contributed by atoms with Crippen LogP contribution in [0, 0.1) is 10.1 Å². The summed E-state index contributed by atoms with van der Waals surface area (Å²) in [5.41, 5.74) is 0.772. The summed E-state index contributed by atoms with van der Waals surface area (Å²) >= 11 is 3.62. The summed E-state index contributed by atoms with van der Waals surface area (Å²) in [6.07, 6.45) is 1.67. The van der Waals surface area contributed by atoms with E-state index in [2.05, 4.69) is 26.1 Å². The zero-order chi connectivity index (χ0) is 22.6. The van der Waals surface area contributed by atoms with Crippen molar-refractivity contribution in [2.75, 3.05) is 25.6 Å². The highest BCUT2D eigenvalue weighted by molar-refractivity contribution is 9.10. The second-order valence-electron chi connectivity index (χ2n) is 8.38. The number of carbonyl (C=O) groups is 1. The van der Waals surface area contributed by atoms with Crippen molar-refractivity contribution in [2.24, 2.45) is 0 Å². The second-order valence-corrected chi connectivity index (χ2v) is 9.24. The lowest BCUT2D eigenvalue weighted by Gasteiger charge is -2.32. The minimum absolute atomic E-state index is 0.138. The van der Waals surface area contributed by atoms with Crippen molar-refractivity contribution >= 4 is 27.5 Å². The summed E-state index contributed by atoms with van der Waals surface area (Å²) < 4.78 is 11.9. The smallest absolute Gasteiger partial charge is 0.256 e. The monoisotopic (exact) mass is 501 g/mol. The number of halogens is 1. The number of fused-ring (bicyclic) bond motifs is 4. The topological polar surface area (TPSA) is 93.9 Å². The predicted molar refractivity (Wildman–Crippen MR) is 122 cm³/mol. The van der Waals surface area contributed by atoms with Gasteiger partial charge in [0.05, 0.1) is 19.6 Å². The zero-order valence-corrected chi connectivity index (χ0v) is 19.4. The first-order valence-corrected chi connectivity index (χ1v) is 11.6. The van der Waals surface area contributed by atoms with Crippen LogP contribution in [0.2, 0.25) is 0 Å². The molecule has 3 aliphatic rings. The number of nitro groups is 1. The molecule has 0 saturated carbocycles. The molecule has 1 spiro atoms. The molecule has 0 radical (unpaired) electrons. The number of nitrogens with zero attached hydrogens (tertiary/aromatic N) is 2. The number of rotatable bonds is 5. The molecule has 0 aromatic heterocycles. The number of hydrogen-bond acceptors (Lipinski definition) is 6. The number of methoxy groups -OCH3 is 1. The fourth-order valence-electron chi connectivity index (χ4n) is 5.98. The van der Waals surface area contributed by atoms with E-state index in [9.17, 15) is 14.9 Å². The Morgan fingerprint density at radius 1 is 1.31 bits per heavy atom. The van der Waals surface area contributed by atoms with E-state index in [-0.39, 0.29) is 16.9 Å². The molecule has 9 heteroatoms. The van der Waals surface area contributed by atoms with E-state index in [0.717, 1.165) is 18.4 Å². The SMILES string of the molecule is CCOc1cc([C@H]2[C@H]([N+](=O)[O-])[C@]3(C(=O)Nc4ccccc43)N3CCC[C@@H]23)c(Br)cc1OC. The van der Waals surface area contributed by atoms with Crippen molar-refractivity contribution in [2.45, 2.75) is 43.3 Å². The molecule has 0 unspecified atom stereocenters. The van der Waals surface area contributed by atoms with Gasteiger partial charge in [-0.25, -0.2) is 0 Å². The van der Waals surface area contributed by atoms with Gasteiger partial charge < -0.3 is 14.8 Å². The maximum absolute atomic E-state index is 13.5. The molecule has 2 saturated heterocycles. The molecule has 4 atom stereocenters. The molecule has 3 heterocycles. The van der Waals surface area contributed by atoms with Gasteiger partial charge in [-0.1, -0.05) is 34.1 Å². The van der Waals surface area contributed by atoms with Gasteiger partial charge in [-0.05, 0) is 43.5 Å². The third kappa shape index (κ3) is 2.73. The summed E-state index contributed by atoms with van der Waals surface area (Å²) in [5, 5.41) is 15.6. The average Bonchev–Trinajstić information content (AvgIpc) is 3.43. The minimum Gasteiger partial charge on any atom is -0.493 e. The van der Waals surface area contributed by atoms with Crippen LogP contribution in [0.4, 0.5) is 5.69 Å². The van der Waals surface area contributed by atoms with Crippen LogP contribution in [0.3, 0.4) is 0 Å². The van der Waals surface area contributed by atoms with Crippen LogP contribution in [0.25, 0.3) is 0 Å². The van der Waals surface area contributed by atoms with Crippen molar-refractivity contribution in [3.8, 4) is 11.5 Å². The number of anilines is 1. The Labute approximate surface area is 194 Å². The highest BCUT2D eigenvalue weighted by atomic mass is 79.9. The van der Waals surface area contributed by atoms with Gasteiger partial charge in [0.2, 0.25) is 0 Å². The van der Waals surface area contributed by atoms with Gasteiger partial charge in [-0.15, -0.1) is 0 Å². The lowest BCUT2D eigenvalue weighted by atomic mass is 9.77. The van der Waals surface area contributed by atoms with E-state index in [0.29, 0.717) is 40.4 Å². The number of benzene rings is 2. The van der Waals surface area contributed by atoms with E-state index < -0.39 is 17.5 Å². The molecule has 3 aliphatic heterocycles. The Morgan fingerprint density at radius 2 is 2.09 bits per heavy atom. The van der Waals surface area contributed by atoms with E-state index in [1.54, 1.807) is 13.2 Å². The van der Waals surface area contributed by atoms with E-state index in [1.165, 1.54) is 0 Å². The summed E-state index contributed by atoms with van der Waals surface area (Å²) in [5.74, 6) is 0.283. The molecule has 8 nitrogen and oxygen atoms in total. The largest absolute Gasteiger partial charge is 0.493 e. The molecular weight excluding hydrogens is 478 g/mol. The number of carbonyl (C=O) groups excluding carboxylic acids is 1. The fraction of sp³-hybridized carbons (Fsp3) is 0.435. The van der Waals surface area contributed by atoms with Crippen LogP contribution in [-0.4, -0.2) is 48.1 Å². The van der Waals surface area contributed by atoms with Crippen LogP contribution in [0.15, 0.2) is 40.9 Å². The molecule has 2 fully saturated rings. The zero-order valence-electron chi connectivity index (χ0n) is 17.8. The Kier molecular flexibility index (Phi) is 5.13. The number of para-hydroxylation sites is 1. The molecule has 2 aromatic carbocycles. The van der Waals surface area contributed by atoms with Crippen molar-refractivity contribution in [1.29, 1.82) is 0 Å². The maximum atomic E-state index is 13.5. The van der Waals surface area contributed by atoms with E-state index in [1.807, 2.05) is 37.3 Å². The highest BCUT2D eigenvalue weighted by Crippen LogP contribution is 2.59. The first-order valence-electron chi connectivity index (χ1n) is 10.8. The van der Waals surface area contributed by atoms with Gasteiger partial charge >= 0.3 is 0 Å². The van der Waals surface area contributed by atoms with Crippen molar-refractivity contribution < 1.29 is 19.2 Å². The van der Waals surface area contributed by atoms with Gasteiger partial charge in [0.25, 0.3) is 11.9 Å². The first-order chi connectivity index (χ1) is 15.4. The molecule has 0 aliphatic carbocycles. The molecular formula is C23H24BrN3O5. The van der Waals surface area contributed by atoms with Crippen LogP contribution in [-0.2, 0) is 10.3 Å². The molecule has 32 heavy (non-hydrogen) atoms. The fourth-order valence-corrected chi connectivity index (χ4v) is 6.57. The normalized spacial score (nSPS) is 28.5. The Morgan fingerprint density at radius 3 is 2.81 bits per heavy atom. The summed E-state index contributed by atoms with van der Waals surface area (Å²) in [4.78, 5) is 28.0. The van der Waals surface area contributed by atoms with Gasteiger partial charge in [-0.3, -0.25) is 19.8 Å². The molecule has 2 aromatic rings. The average molecular weight is 502 g/mol. The third-order valence-corrected chi connectivity index (χ3v) is 7.72. The Hall–Kier alpha value is -2.65. The molecule has 1 N–H and O–H groups in total. The quantitative estimate of drug-likeness (QED) is 0.492. The predicted octanol–water partition coefficient (Wildman–Crippen LogP) is 3.91. The third-order valence-electron chi connectivity index (χ3n) is 7.04. The van der Waals surface area contributed by atoms with Crippen LogP contribution < -0.4 is 14.8 Å². The van der Waals surface area contributed by atoms with Crippen molar-refractivity contribution in [1.82, 2.24) is 4.90 Å². The molecule has 168 valence electrons. The highest BCUT2D eigenvalue weighted by Gasteiger charge is 2.73. The summed E-state index contributed by atoms with van der Waals surface area (Å²) in [6.45, 7) is 2.96. The van der Waals surface area contributed by atoms with Crippen LogP contribution in [0.1, 0.15) is 36.8 Å². The summed E-state index contributed by atoms with van der Waals surface area (Å²) in [7, 11) is 1.56.